The molecule has 0 saturated carbocycles. The average molecular weight is 196 g/mol. The van der Waals surface area contributed by atoms with E-state index in [-0.39, 0.29) is 0 Å². The molecule has 6 heavy (non-hydrogen) atoms. The van der Waals surface area contributed by atoms with Gasteiger partial charge in [-0.2, -0.15) is 0 Å². The van der Waals surface area contributed by atoms with E-state index in [9.17, 15) is 0 Å². The van der Waals surface area contributed by atoms with Crippen LogP contribution < -0.4 is 0 Å². The van der Waals surface area contributed by atoms with Gasteiger partial charge in [-0.05, 0) is 0 Å². The van der Waals surface area contributed by atoms with Gasteiger partial charge in [0.25, 0.3) is 0 Å². The van der Waals surface area contributed by atoms with Crippen molar-refractivity contribution >= 4 is 63.9 Å². The number of thiol groups is 5. The summed E-state index contributed by atoms with van der Waals surface area (Å²) < 4.78 is -2.58. The molecule has 0 aliphatic rings. The minimum absolute atomic E-state index is 2.58. The molecule has 0 aromatic heterocycles. The summed E-state index contributed by atoms with van der Waals surface area (Å²) in [6, 6.07) is 0. The fraction of sp³-hybridized carbons (Fsp3) is 0. The Hall–Kier alpha value is 2.18. The van der Waals surface area contributed by atoms with Crippen molar-refractivity contribution in [3.05, 3.63) is 0 Å². The van der Waals surface area contributed by atoms with Crippen LogP contribution in [-0.2, 0) is 0 Å². The first-order valence-corrected chi connectivity index (χ1v) is 9.00. The molecular weight excluding hydrogens is 191 g/mol. The molecule has 0 aliphatic heterocycles. The van der Waals surface area contributed by atoms with Gasteiger partial charge in [0, 0.05) is 0 Å². The second-order valence-corrected chi connectivity index (χ2v) is 24.1. The van der Waals surface area contributed by atoms with Gasteiger partial charge in [-0.3, -0.25) is 0 Å². The zero-order valence-electron chi connectivity index (χ0n) is 2.68. The molecule has 6 heteroatoms. The molecule has 0 aromatic carbocycles. The van der Waals surface area contributed by atoms with Gasteiger partial charge in [0.15, 0.2) is 0 Å². The van der Waals surface area contributed by atoms with Crippen LogP contribution in [0.25, 0.3) is 0 Å². The molecular formula is H5PS5. The van der Waals surface area contributed by atoms with Gasteiger partial charge in [0.05, 0.1) is 0 Å². The first kappa shape index (κ1) is 8.18. The summed E-state index contributed by atoms with van der Waals surface area (Å²) in [5, 5.41) is 0. The van der Waals surface area contributed by atoms with Gasteiger partial charge in [-0.25, -0.2) is 0 Å². The van der Waals surface area contributed by atoms with E-state index >= 15 is 0 Å². The molecule has 0 saturated heterocycles. The molecule has 0 bridgehead atoms. The first-order valence-electron chi connectivity index (χ1n) is 1.000. The van der Waals surface area contributed by atoms with Gasteiger partial charge in [-0.1, -0.05) is 0 Å². The number of hydrogen-bond donors (Lipinski definition) is 5. The van der Waals surface area contributed by atoms with E-state index in [0.29, 0.717) is 0 Å². The Morgan fingerprint density at radius 2 is 0.667 bits per heavy atom. The Balaban J connectivity index is 3.73. The molecule has 0 aliphatic carbocycles. The Labute approximate surface area is 63.6 Å². The van der Waals surface area contributed by atoms with Crippen LogP contribution in [0.5, 0.6) is 0 Å². The Bertz CT molecular complexity index is 37.1. The van der Waals surface area contributed by atoms with E-state index in [1.807, 2.05) is 0 Å². The normalized spacial score (nSPS) is 19.2. The SMILES string of the molecule is SP(S)(S)(S)S. The fourth-order valence-corrected chi connectivity index (χ4v) is 0. The third-order valence-corrected chi connectivity index (χ3v) is 0. The summed E-state index contributed by atoms with van der Waals surface area (Å²) in [6.45, 7) is 0. The molecule has 0 amide bonds. The van der Waals surface area contributed by atoms with Crippen LogP contribution in [0.1, 0.15) is 0 Å². The second-order valence-electron chi connectivity index (χ2n) is 0.894. The Morgan fingerprint density at radius 3 is 0.667 bits per heavy atom. The van der Waals surface area contributed by atoms with Crippen molar-refractivity contribution in [2.24, 2.45) is 0 Å². The maximum absolute atomic E-state index is 3.87. The van der Waals surface area contributed by atoms with Crippen molar-refractivity contribution in [3.63, 3.8) is 0 Å². The van der Waals surface area contributed by atoms with Crippen LogP contribution >= 0.6 is 63.9 Å². The zero-order valence-corrected chi connectivity index (χ0v) is 8.05. The molecule has 0 spiro atoms. The van der Waals surface area contributed by atoms with Gasteiger partial charge in [0.1, 0.15) is 0 Å². The molecule has 0 radical (unpaired) electrons. The second kappa shape index (κ2) is 1.85. The summed E-state index contributed by atoms with van der Waals surface area (Å²) in [6.07, 6.45) is 0. The summed E-state index contributed by atoms with van der Waals surface area (Å²) in [5.74, 6) is 0. The molecule has 0 atom stereocenters. The van der Waals surface area contributed by atoms with Gasteiger partial charge < -0.3 is 0 Å². The predicted molar refractivity (Wildman–Crippen MR) is 51.9 cm³/mol. The van der Waals surface area contributed by atoms with Crippen LogP contribution in [0.2, 0.25) is 0 Å². The van der Waals surface area contributed by atoms with Crippen LogP contribution in [-0.4, -0.2) is 0 Å². The molecule has 0 fully saturated rings. The van der Waals surface area contributed by atoms with E-state index in [1.165, 1.54) is 0 Å². The van der Waals surface area contributed by atoms with Crippen LogP contribution in [0.3, 0.4) is 0 Å². The predicted octanol–water partition coefficient (Wildman–Crippen LogP) is 2.76. The van der Waals surface area contributed by atoms with Crippen LogP contribution in [0.4, 0.5) is 0 Å². The fourth-order valence-electron chi connectivity index (χ4n) is 0. The molecule has 0 heterocycles. The van der Waals surface area contributed by atoms with E-state index in [4.69, 9.17) is 0 Å². The van der Waals surface area contributed by atoms with Crippen molar-refractivity contribution in [1.82, 2.24) is 0 Å². The molecule has 0 aromatic rings. The maximum atomic E-state index is 3.87. The molecule has 0 nitrogen and oxygen atoms in total. The van der Waals surface area contributed by atoms with Crippen molar-refractivity contribution < 1.29 is 0 Å². The van der Waals surface area contributed by atoms with E-state index in [1.54, 1.807) is 0 Å². The van der Waals surface area contributed by atoms with Gasteiger partial charge >= 0.3 is 63.9 Å². The molecule has 0 rings (SSSR count). The molecule has 0 N–H and O–H groups in total. The van der Waals surface area contributed by atoms with Crippen molar-refractivity contribution in [3.8, 4) is 0 Å². The van der Waals surface area contributed by atoms with Crippen molar-refractivity contribution in [2.45, 2.75) is 0 Å². The standard InChI is InChI=1S/H5PS5/c2-1(3,4,5)6/h2-6H. The Morgan fingerprint density at radius 1 is 0.667 bits per heavy atom. The minimum atomic E-state index is -2.58. The third kappa shape index (κ3) is 34.9. The number of hydrogen-bond acceptors (Lipinski definition) is 5. The van der Waals surface area contributed by atoms with E-state index in [2.05, 4.69) is 61.2 Å². The van der Waals surface area contributed by atoms with Gasteiger partial charge in [-0.15, -0.1) is 0 Å². The molecule has 0 unspecified atom stereocenters. The molecule has 40 valence electrons. The summed E-state index contributed by atoms with van der Waals surface area (Å²) in [5.41, 5.74) is 0. The first-order chi connectivity index (χ1) is 2.24. The zero-order chi connectivity index (χ0) is 5.45. The third-order valence-electron chi connectivity index (χ3n) is 0. The number of rotatable bonds is 0. The monoisotopic (exact) mass is 196 g/mol. The quantitative estimate of drug-likeness (QED) is 0.286. The van der Waals surface area contributed by atoms with Crippen LogP contribution in [0.15, 0.2) is 0 Å². The average Bonchev–Trinajstić information content (AvgIpc) is 0.650. The summed E-state index contributed by atoms with van der Waals surface area (Å²) >= 11 is 19.3. The van der Waals surface area contributed by atoms with Crippen molar-refractivity contribution in [1.29, 1.82) is 0 Å². The van der Waals surface area contributed by atoms with Gasteiger partial charge in [0.2, 0.25) is 0 Å². The Kier molecular flexibility index (Phi) is 2.52. The van der Waals surface area contributed by atoms with Crippen molar-refractivity contribution in [2.75, 3.05) is 0 Å². The van der Waals surface area contributed by atoms with Crippen LogP contribution in [0, 0.1) is 0 Å². The van der Waals surface area contributed by atoms with E-state index < -0.39 is 2.61 Å². The topological polar surface area (TPSA) is 0 Å². The summed E-state index contributed by atoms with van der Waals surface area (Å²) in [7, 11) is 0. The van der Waals surface area contributed by atoms with E-state index in [0.717, 1.165) is 0 Å². The summed E-state index contributed by atoms with van der Waals surface area (Å²) in [4.78, 5) is 0.